The first-order chi connectivity index (χ1) is 13.9. The third-order valence-corrected chi connectivity index (χ3v) is 5.57. The normalized spacial score (nSPS) is 15.9. The second-order valence-electron chi connectivity index (χ2n) is 8.67. The van der Waals surface area contributed by atoms with Crippen LogP contribution >= 0.6 is 0 Å². The van der Waals surface area contributed by atoms with Gasteiger partial charge in [0.25, 0.3) is 0 Å². The van der Waals surface area contributed by atoms with Crippen molar-refractivity contribution in [3.63, 3.8) is 0 Å². The summed E-state index contributed by atoms with van der Waals surface area (Å²) in [5.41, 5.74) is 2.82. The molecule has 156 valence electrons. The Morgan fingerprint density at radius 3 is 2.45 bits per heavy atom. The van der Waals surface area contributed by atoms with Crippen LogP contribution in [0.3, 0.4) is 0 Å². The molecule has 0 spiro atoms. The van der Waals surface area contributed by atoms with E-state index in [-0.39, 0.29) is 23.8 Å². The maximum atomic E-state index is 12.8. The van der Waals surface area contributed by atoms with Gasteiger partial charge in [-0.1, -0.05) is 38.1 Å². The summed E-state index contributed by atoms with van der Waals surface area (Å²) >= 11 is 0. The average molecular weight is 397 g/mol. The summed E-state index contributed by atoms with van der Waals surface area (Å²) in [5.74, 6) is 0.936. The third kappa shape index (κ3) is 5.81. The fraction of sp³-hybridized carbons (Fsp3) is 0.458. The summed E-state index contributed by atoms with van der Waals surface area (Å²) in [6.45, 7) is 6.97. The minimum absolute atomic E-state index is 0.0314. The zero-order valence-electron chi connectivity index (χ0n) is 17.6. The number of ether oxygens (including phenoxy) is 1. The first kappa shape index (κ1) is 21.3. The Kier molecular flexibility index (Phi) is 6.93. The number of likely N-dealkylation sites (tertiary alicyclic amines) is 1. The van der Waals surface area contributed by atoms with Gasteiger partial charge in [0.05, 0.1) is 7.11 Å². The van der Waals surface area contributed by atoms with E-state index in [4.69, 9.17) is 4.74 Å². The first-order valence-electron chi connectivity index (χ1n) is 10.3. The zero-order chi connectivity index (χ0) is 20.9. The smallest absolute Gasteiger partial charge is 0.227 e. The fourth-order valence-electron chi connectivity index (χ4n) is 3.83. The van der Waals surface area contributed by atoms with E-state index in [1.807, 2.05) is 48.5 Å². The zero-order valence-corrected chi connectivity index (χ0v) is 17.6. The van der Waals surface area contributed by atoms with Gasteiger partial charge in [-0.15, -0.1) is 0 Å². The van der Waals surface area contributed by atoms with E-state index in [1.54, 1.807) is 7.11 Å². The van der Waals surface area contributed by atoms with Crippen LogP contribution in [0, 0.1) is 11.3 Å². The summed E-state index contributed by atoms with van der Waals surface area (Å²) in [6.07, 6.45) is 1.70. The van der Waals surface area contributed by atoms with Gasteiger partial charge >= 0.3 is 0 Å². The van der Waals surface area contributed by atoms with Crippen molar-refractivity contribution in [2.45, 2.75) is 26.7 Å². The number of carbonyl (C=O) groups excluding carboxylic acids is 1. The topological polar surface area (TPSA) is 61.8 Å². The van der Waals surface area contributed by atoms with Crippen LogP contribution in [0.25, 0.3) is 11.1 Å². The molecule has 1 saturated heterocycles. The van der Waals surface area contributed by atoms with Crippen molar-refractivity contribution in [2.75, 3.05) is 38.7 Å². The fourth-order valence-corrected chi connectivity index (χ4v) is 3.83. The molecule has 1 heterocycles. The van der Waals surface area contributed by atoms with Crippen LogP contribution in [-0.2, 0) is 4.79 Å². The standard InChI is InChI=1S/C24H32N2O3/c1-24(2,17-27)16-26-12-10-18(11-13-26)23(28)25-21-8-4-6-19(14-21)20-7-5-9-22(15-20)29-3/h4-9,14-15,18,27H,10-13,16-17H2,1-3H3,(H,25,28). The molecule has 2 N–H and O–H groups in total. The number of piperidine rings is 1. The van der Waals surface area contributed by atoms with Crippen molar-refractivity contribution in [3.8, 4) is 16.9 Å². The second kappa shape index (κ2) is 9.42. The van der Waals surface area contributed by atoms with E-state index in [9.17, 15) is 9.90 Å². The number of rotatable bonds is 7. The summed E-state index contributed by atoms with van der Waals surface area (Å²) in [6, 6.07) is 15.8. The van der Waals surface area contributed by atoms with E-state index in [2.05, 4.69) is 24.1 Å². The molecule has 1 fully saturated rings. The van der Waals surface area contributed by atoms with Crippen LogP contribution in [0.4, 0.5) is 5.69 Å². The number of aliphatic hydroxyl groups is 1. The average Bonchev–Trinajstić information content (AvgIpc) is 2.74. The molecule has 0 aliphatic carbocycles. The number of hydrogen-bond donors (Lipinski definition) is 2. The number of aliphatic hydroxyl groups excluding tert-OH is 1. The summed E-state index contributed by atoms with van der Waals surface area (Å²) in [4.78, 5) is 15.1. The van der Waals surface area contributed by atoms with Crippen LogP contribution in [-0.4, -0.2) is 49.3 Å². The number of methoxy groups -OCH3 is 1. The number of nitrogens with zero attached hydrogens (tertiary/aromatic N) is 1. The van der Waals surface area contributed by atoms with Gasteiger partial charge in [-0.25, -0.2) is 0 Å². The minimum Gasteiger partial charge on any atom is -0.497 e. The molecule has 0 radical (unpaired) electrons. The minimum atomic E-state index is -0.102. The van der Waals surface area contributed by atoms with Gasteiger partial charge < -0.3 is 20.1 Å². The molecule has 2 aromatic rings. The largest absolute Gasteiger partial charge is 0.497 e. The molecular weight excluding hydrogens is 364 g/mol. The summed E-state index contributed by atoms with van der Waals surface area (Å²) in [7, 11) is 1.66. The number of carbonyl (C=O) groups is 1. The predicted molar refractivity (Wildman–Crippen MR) is 117 cm³/mol. The van der Waals surface area contributed by atoms with Gasteiger partial charge in [0.1, 0.15) is 5.75 Å². The second-order valence-corrected chi connectivity index (χ2v) is 8.67. The van der Waals surface area contributed by atoms with Crippen LogP contribution < -0.4 is 10.1 Å². The molecule has 0 unspecified atom stereocenters. The third-order valence-electron chi connectivity index (χ3n) is 5.57. The maximum absolute atomic E-state index is 12.8. The first-order valence-corrected chi connectivity index (χ1v) is 10.3. The molecule has 2 aromatic carbocycles. The van der Waals surface area contributed by atoms with Crippen LogP contribution in [0.5, 0.6) is 5.75 Å². The van der Waals surface area contributed by atoms with Crippen LogP contribution in [0.15, 0.2) is 48.5 Å². The van der Waals surface area contributed by atoms with E-state index in [1.165, 1.54) is 0 Å². The van der Waals surface area contributed by atoms with Gasteiger partial charge in [-0.3, -0.25) is 4.79 Å². The van der Waals surface area contributed by atoms with E-state index in [0.29, 0.717) is 0 Å². The highest BCUT2D eigenvalue weighted by Crippen LogP contribution is 2.27. The van der Waals surface area contributed by atoms with Crippen molar-refractivity contribution >= 4 is 11.6 Å². The van der Waals surface area contributed by atoms with E-state index < -0.39 is 0 Å². The van der Waals surface area contributed by atoms with Gasteiger partial charge in [0, 0.05) is 30.2 Å². The molecule has 0 aromatic heterocycles. The van der Waals surface area contributed by atoms with E-state index >= 15 is 0 Å². The molecule has 3 rings (SSSR count). The number of hydrogen-bond acceptors (Lipinski definition) is 4. The highest BCUT2D eigenvalue weighted by Gasteiger charge is 2.28. The highest BCUT2D eigenvalue weighted by molar-refractivity contribution is 5.93. The molecule has 1 amide bonds. The van der Waals surface area contributed by atoms with Gasteiger partial charge in [0.2, 0.25) is 5.91 Å². The predicted octanol–water partition coefficient (Wildman–Crippen LogP) is 4.03. The highest BCUT2D eigenvalue weighted by atomic mass is 16.5. The van der Waals surface area contributed by atoms with Crippen LogP contribution in [0.1, 0.15) is 26.7 Å². The Bertz CT molecular complexity index is 826. The molecule has 1 aliphatic rings. The number of benzene rings is 2. The maximum Gasteiger partial charge on any atom is 0.227 e. The quantitative estimate of drug-likeness (QED) is 0.742. The van der Waals surface area contributed by atoms with Gasteiger partial charge in [-0.2, -0.15) is 0 Å². The van der Waals surface area contributed by atoms with Crippen molar-refractivity contribution in [3.05, 3.63) is 48.5 Å². The lowest BCUT2D eigenvalue weighted by Gasteiger charge is -2.36. The monoisotopic (exact) mass is 396 g/mol. The molecule has 5 heteroatoms. The van der Waals surface area contributed by atoms with Crippen molar-refractivity contribution in [1.82, 2.24) is 4.90 Å². The molecule has 1 aliphatic heterocycles. The Morgan fingerprint density at radius 2 is 1.79 bits per heavy atom. The Labute approximate surface area is 173 Å². The lowest BCUT2D eigenvalue weighted by atomic mass is 9.90. The summed E-state index contributed by atoms with van der Waals surface area (Å²) in [5, 5.41) is 12.6. The number of amides is 1. The number of anilines is 1. The molecular formula is C24H32N2O3. The molecule has 0 bridgehead atoms. The van der Waals surface area contributed by atoms with Gasteiger partial charge in [0.15, 0.2) is 0 Å². The molecule has 0 atom stereocenters. The lowest BCUT2D eigenvalue weighted by molar-refractivity contribution is -0.121. The SMILES string of the molecule is COc1cccc(-c2cccc(NC(=O)C3CCN(CC(C)(C)CO)CC3)c2)c1. The lowest BCUT2D eigenvalue weighted by Crippen LogP contribution is -2.43. The Balaban J connectivity index is 1.59. The van der Waals surface area contributed by atoms with Gasteiger partial charge in [-0.05, 0) is 61.3 Å². The Hall–Kier alpha value is -2.37. The number of nitrogens with one attached hydrogen (secondary N) is 1. The van der Waals surface area contributed by atoms with Crippen LogP contribution in [0.2, 0.25) is 0 Å². The van der Waals surface area contributed by atoms with Crippen molar-refractivity contribution in [1.29, 1.82) is 0 Å². The molecule has 5 nitrogen and oxygen atoms in total. The molecule has 0 saturated carbocycles. The molecule has 29 heavy (non-hydrogen) atoms. The van der Waals surface area contributed by atoms with E-state index in [0.717, 1.165) is 55.0 Å². The van der Waals surface area contributed by atoms with Crippen molar-refractivity contribution in [2.24, 2.45) is 11.3 Å². The Morgan fingerprint density at radius 1 is 1.14 bits per heavy atom. The summed E-state index contributed by atoms with van der Waals surface area (Å²) < 4.78 is 5.31. The van der Waals surface area contributed by atoms with Crippen molar-refractivity contribution < 1.29 is 14.6 Å².